The summed E-state index contributed by atoms with van der Waals surface area (Å²) < 4.78 is 4.77. The molecule has 0 aliphatic heterocycles. The zero-order chi connectivity index (χ0) is 24.8. The average molecular weight is 533 g/mol. The van der Waals surface area contributed by atoms with Crippen LogP contribution in [0.3, 0.4) is 0 Å². The highest BCUT2D eigenvalue weighted by molar-refractivity contribution is 5.96. The molecule has 0 saturated carbocycles. The second-order valence-electron chi connectivity index (χ2n) is 8.94. The van der Waals surface area contributed by atoms with Gasteiger partial charge in [-0.1, -0.05) is 49.7 Å². The summed E-state index contributed by atoms with van der Waals surface area (Å²) in [6.07, 6.45) is 0.957. The molecule has 0 aliphatic carbocycles. The first-order valence-electron chi connectivity index (χ1n) is 11.5. The van der Waals surface area contributed by atoms with Crippen LogP contribution in [0.5, 0.6) is 0 Å². The van der Waals surface area contributed by atoms with E-state index < -0.39 is 5.97 Å². The van der Waals surface area contributed by atoms with Gasteiger partial charge in [0.15, 0.2) is 0 Å². The Hall–Kier alpha value is -2.93. The minimum Gasteiger partial charge on any atom is -0.465 e. The van der Waals surface area contributed by atoms with Crippen LogP contribution in [-0.4, -0.2) is 24.0 Å². The van der Waals surface area contributed by atoms with E-state index >= 15 is 0 Å². The van der Waals surface area contributed by atoms with E-state index in [2.05, 4.69) is 43.4 Å². The number of esters is 1. The highest BCUT2D eigenvalue weighted by Crippen LogP contribution is 2.33. The van der Waals surface area contributed by atoms with Crippen molar-refractivity contribution in [3.05, 3.63) is 82.2 Å². The van der Waals surface area contributed by atoms with Crippen molar-refractivity contribution in [1.82, 2.24) is 4.98 Å². The molecule has 6 nitrogen and oxygen atoms in total. The van der Waals surface area contributed by atoms with E-state index in [1.165, 1.54) is 7.11 Å². The third-order valence-corrected chi connectivity index (χ3v) is 5.74. The van der Waals surface area contributed by atoms with Crippen molar-refractivity contribution in [3.63, 3.8) is 0 Å². The first-order valence-corrected chi connectivity index (χ1v) is 11.5. The van der Waals surface area contributed by atoms with Crippen molar-refractivity contribution in [2.75, 3.05) is 12.4 Å². The first kappa shape index (κ1) is 31.1. The SMILES string of the molecule is COC(=O)c1cccc(NC(=O)Cc2c(C)nc(CC(C)C)c(CN)c2-c2ccc(C)cc2)c1.Cl.Cl. The number of aromatic nitrogens is 1. The number of carbonyl (C=O) groups is 2. The number of rotatable bonds is 8. The minimum atomic E-state index is -0.453. The Balaban J connectivity index is 0.00000324. The quantitative estimate of drug-likeness (QED) is 0.356. The second kappa shape index (κ2) is 14.0. The Bertz CT molecular complexity index is 1200. The topological polar surface area (TPSA) is 94.3 Å². The first-order chi connectivity index (χ1) is 16.2. The lowest BCUT2D eigenvalue weighted by Gasteiger charge is -2.21. The Morgan fingerprint density at radius 1 is 1.03 bits per heavy atom. The Morgan fingerprint density at radius 3 is 2.28 bits per heavy atom. The van der Waals surface area contributed by atoms with Gasteiger partial charge in [0.05, 0.1) is 19.1 Å². The van der Waals surface area contributed by atoms with Gasteiger partial charge in [-0.15, -0.1) is 24.8 Å². The highest BCUT2D eigenvalue weighted by atomic mass is 35.5. The minimum absolute atomic E-state index is 0. The van der Waals surface area contributed by atoms with Crippen LogP contribution in [0.4, 0.5) is 5.69 Å². The van der Waals surface area contributed by atoms with E-state index in [1.807, 2.05) is 13.8 Å². The fourth-order valence-electron chi connectivity index (χ4n) is 4.11. The number of aryl methyl sites for hydroxylation is 2. The molecule has 194 valence electrons. The fraction of sp³-hybridized carbons (Fsp3) is 0.321. The molecule has 0 saturated heterocycles. The maximum absolute atomic E-state index is 13.1. The lowest BCUT2D eigenvalue weighted by molar-refractivity contribution is -0.115. The van der Waals surface area contributed by atoms with Crippen LogP contribution < -0.4 is 11.1 Å². The number of carbonyl (C=O) groups excluding carboxylic acids is 2. The fourth-order valence-corrected chi connectivity index (χ4v) is 4.11. The number of halogens is 2. The summed E-state index contributed by atoms with van der Waals surface area (Å²) in [5.74, 6) is -0.217. The van der Waals surface area contributed by atoms with Gasteiger partial charge in [0.1, 0.15) is 0 Å². The van der Waals surface area contributed by atoms with Crippen molar-refractivity contribution in [2.24, 2.45) is 11.7 Å². The molecule has 1 aromatic heterocycles. The summed E-state index contributed by atoms with van der Waals surface area (Å²) in [5, 5.41) is 2.90. The van der Waals surface area contributed by atoms with Gasteiger partial charge in [-0.2, -0.15) is 0 Å². The van der Waals surface area contributed by atoms with Crippen LogP contribution in [-0.2, 0) is 28.9 Å². The normalized spacial score (nSPS) is 10.3. The second-order valence-corrected chi connectivity index (χ2v) is 8.94. The maximum atomic E-state index is 13.1. The third-order valence-electron chi connectivity index (χ3n) is 5.74. The number of benzene rings is 2. The number of nitrogens with one attached hydrogen (secondary N) is 1. The van der Waals surface area contributed by atoms with Gasteiger partial charge in [0, 0.05) is 23.6 Å². The molecular formula is C28H35Cl2N3O3. The van der Waals surface area contributed by atoms with Crippen LogP contribution >= 0.6 is 24.8 Å². The number of hydrogen-bond donors (Lipinski definition) is 2. The number of hydrogen-bond acceptors (Lipinski definition) is 5. The Kier molecular flexibility index (Phi) is 12.1. The van der Waals surface area contributed by atoms with E-state index in [0.29, 0.717) is 23.7 Å². The van der Waals surface area contributed by atoms with Crippen molar-refractivity contribution in [2.45, 2.75) is 47.1 Å². The average Bonchev–Trinajstić information content (AvgIpc) is 2.80. The van der Waals surface area contributed by atoms with Crippen LogP contribution in [0.15, 0.2) is 48.5 Å². The van der Waals surface area contributed by atoms with E-state index in [1.54, 1.807) is 24.3 Å². The van der Waals surface area contributed by atoms with Crippen molar-refractivity contribution in [3.8, 4) is 11.1 Å². The maximum Gasteiger partial charge on any atom is 0.337 e. The van der Waals surface area contributed by atoms with E-state index in [9.17, 15) is 9.59 Å². The smallest absolute Gasteiger partial charge is 0.337 e. The molecular weight excluding hydrogens is 497 g/mol. The van der Waals surface area contributed by atoms with Crippen LogP contribution in [0.25, 0.3) is 11.1 Å². The molecule has 3 aromatic rings. The summed E-state index contributed by atoms with van der Waals surface area (Å²) in [6, 6.07) is 15.0. The summed E-state index contributed by atoms with van der Waals surface area (Å²) in [4.78, 5) is 29.8. The van der Waals surface area contributed by atoms with E-state index in [0.717, 1.165) is 45.6 Å². The number of amides is 1. The van der Waals surface area contributed by atoms with Gasteiger partial charge >= 0.3 is 5.97 Å². The van der Waals surface area contributed by atoms with Crippen LogP contribution in [0.1, 0.15) is 52.3 Å². The molecule has 8 heteroatoms. The molecule has 0 fully saturated rings. The third kappa shape index (κ3) is 7.53. The van der Waals surface area contributed by atoms with Crippen molar-refractivity contribution in [1.29, 1.82) is 0 Å². The zero-order valence-corrected chi connectivity index (χ0v) is 23.0. The molecule has 0 atom stereocenters. The molecule has 36 heavy (non-hydrogen) atoms. The van der Waals surface area contributed by atoms with Crippen LogP contribution in [0, 0.1) is 19.8 Å². The van der Waals surface area contributed by atoms with Gasteiger partial charge in [-0.3, -0.25) is 9.78 Å². The largest absolute Gasteiger partial charge is 0.465 e. The number of pyridine rings is 1. The highest BCUT2D eigenvalue weighted by Gasteiger charge is 2.21. The number of methoxy groups -OCH3 is 1. The Labute approximate surface area is 225 Å². The van der Waals surface area contributed by atoms with Crippen molar-refractivity contribution < 1.29 is 14.3 Å². The number of nitrogens with zero attached hydrogens (tertiary/aromatic N) is 1. The van der Waals surface area contributed by atoms with Crippen LogP contribution in [0.2, 0.25) is 0 Å². The number of nitrogens with two attached hydrogens (primary N) is 1. The lowest BCUT2D eigenvalue weighted by atomic mass is 9.88. The van der Waals surface area contributed by atoms with Gasteiger partial charge < -0.3 is 15.8 Å². The summed E-state index contributed by atoms with van der Waals surface area (Å²) in [7, 11) is 1.33. The molecule has 2 aromatic carbocycles. The predicted molar refractivity (Wildman–Crippen MR) is 150 cm³/mol. The lowest BCUT2D eigenvalue weighted by Crippen LogP contribution is -2.19. The number of ether oxygens (including phenoxy) is 1. The molecule has 1 heterocycles. The summed E-state index contributed by atoms with van der Waals surface area (Å²) in [6.45, 7) is 8.66. The van der Waals surface area contributed by atoms with Gasteiger partial charge in [0.2, 0.25) is 5.91 Å². The van der Waals surface area contributed by atoms with Crippen molar-refractivity contribution >= 4 is 42.4 Å². The monoisotopic (exact) mass is 531 g/mol. The summed E-state index contributed by atoms with van der Waals surface area (Å²) in [5.41, 5.74) is 14.0. The standard InChI is InChI=1S/C28H33N3O3.2ClH/c1-17(2)13-25-24(16-29)27(20-11-9-18(3)10-12-20)23(19(4)30-25)15-26(32)31-22-8-6-7-21(14-22)28(33)34-5;;/h6-12,14,17H,13,15-16,29H2,1-5H3,(H,31,32);2*1H. The zero-order valence-electron chi connectivity index (χ0n) is 21.4. The summed E-state index contributed by atoms with van der Waals surface area (Å²) >= 11 is 0. The molecule has 3 rings (SSSR count). The molecule has 0 unspecified atom stereocenters. The molecule has 0 aliphatic rings. The molecule has 0 spiro atoms. The van der Waals surface area contributed by atoms with E-state index in [4.69, 9.17) is 15.5 Å². The predicted octanol–water partition coefficient (Wildman–Crippen LogP) is 5.83. The Morgan fingerprint density at radius 2 is 1.69 bits per heavy atom. The van der Waals surface area contributed by atoms with Gasteiger partial charge in [-0.25, -0.2) is 4.79 Å². The van der Waals surface area contributed by atoms with Gasteiger partial charge in [0.25, 0.3) is 0 Å². The molecule has 0 radical (unpaired) electrons. The number of anilines is 1. The van der Waals surface area contributed by atoms with Gasteiger partial charge in [-0.05, 0) is 66.6 Å². The molecule has 3 N–H and O–H groups in total. The van der Waals surface area contributed by atoms with E-state index in [-0.39, 0.29) is 37.1 Å². The molecule has 1 amide bonds. The molecule has 0 bridgehead atoms.